The van der Waals surface area contributed by atoms with E-state index in [9.17, 15) is 0 Å². The molecule has 116 valence electrons. The minimum absolute atomic E-state index is 0.736. The number of aryl methyl sites for hydroxylation is 1. The van der Waals surface area contributed by atoms with E-state index < -0.39 is 0 Å². The lowest BCUT2D eigenvalue weighted by molar-refractivity contribution is 0.477. The normalized spacial score (nSPS) is 12.9. The van der Waals surface area contributed by atoms with Gasteiger partial charge in [0.1, 0.15) is 0 Å². The van der Waals surface area contributed by atoms with Gasteiger partial charge in [-0.2, -0.15) is 0 Å². The highest BCUT2D eigenvalue weighted by Crippen LogP contribution is 2.23. The van der Waals surface area contributed by atoms with Crippen LogP contribution in [0.3, 0.4) is 0 Å². The molecule has 0 aliphatic carbocycles. The lowest BCUT2D eigenvalue weighted by Gasteiger charge is -2.10. The summed E-state index contributed by atoms with van der Waals surface area (Å²) in [5.74, 6) is 0.736. The van der Waals surface area contributed by atoms with E-state index in [4.69, 9.17) is 0 Å². The van der Waals surface area contributed by atoms with Crippen molar-refractivity contribution in [3.05, 3.63) is 36.0 Å². The first-order valence-electron chi connectivity index (χ1n) is 8.53. The van der Waals surface area contributed by atoms with Gasteiger partial charge >= 0.3 is 0 Å². The van der Waals surface area contributed by atoms with Crippen LogP contribution in [-0.4, -0.2) is 17.7 Å². The van der Waals surface area contributed by atoms with Crippen LogP contribution in [0.25, 0.3) is 10.9 Å². The highest BCUT2D eigenvalue weighted by Gasteiger charge is 2.09. The Morgan fingerprint density at radius 1 is 1.14 bits per heavy atom. The number of fused-ring (bicyclic) bond motifs is 1. The van der Waals surface area contributed by atoms with Crippen LogP contribution in [0.5, 0.6) is 0 Å². The van der Waals surface area contributed by atoms with Gasteiger partial charge in [-0.25, -0.2) is 0 Å². The lowest BCUT2D eigenvalue weighted by atomic mass is 10.1. The number of aromatic nitrogens is 1. The quantitative estimate of drug-likeness (QED) is 0.666. The summed E-state index contributed by atoms with van der Waals surface area (Å²) >= 11 is 0. The number of benzene rings is 1. The van der Waals surface area contributed by atoms with Gasteiger partial charge < -0.3 is 9.88 Å². The fourth-order valence-electron chi connectivity index (χ4n) is 2.84. The van der Waals surface area contributed by atoms with Crippen LogP contribution in [-0.2, 0) is 13.0 Å². The van der Waals surface area contributed by atoms with Crippen molar-refractivity contribution in [3.63, 3.8) is 0 Å². The summed E-state index contributed by atoms with van der Waals surface area (Å²) in [6, 6.07) is 8.85. The molecule has 0 aliphatic heterocycles. The molecule has 2 nitrogen and oxygen atoms in total. The van der Waals surface area contributed by atoms with Gasteiger partial charge in [0.25, 0.3) is 0 Å². The van der Waals surface area contributed by atoms with Gasteiger partial charge in [-0.3, -0.25) is 0 Å². The monoisotopic (exact) mass is 286 g/mol. The van der Waals surface area contributed by atoms with E-state index in [2.05, 4.69) is 61.1 Å². The standard InChI is InChI=1S/C19H30N2/c1-4-12-20-13-8-9-17-15-21(14-16(3)5-2)19-11-7-6-10-18(17)19/h6-7,10-11,15-16,20H,4-5,8-9,12-14H2,1-3H3. The van der Waals surface area contributed by atoms with Crippen molar-refractivity contribution in [1.29, 1.82) is 0 Å². The molecule has 1 atom stereocenters. The second-order valence-corrected chi connectivity index (χ2v) is 6.19. The summed E-state index contributed by atoms with van der Waals surface area (Å²) in [5.41, 5.74) is 2.90. The van der Waals surface area contributed by atoms with Gasteiger partial charge in [-0.15, -0.1) is 0 Å². The maximum Gasteiger partial charge on any atom is 0.0483 e. The molecule has 2 rings (SSSR count). The number of nitrogens with zero attached hydrogens (tertiary/aromatic N) is 1. The third kappa shape index (κ3) is 4.34. The Balaban J connectivity index is 2.08. The molecule has 0 spiro atoms. The van der Waals surface area contributed by atoms with E-state index in [1.807, 2.05) is 0 Å². The molecule has 21 heavy (non-hydrogen) atoms. The highest BCUT2D eigenvalue weighted by molar-refractivity contribution is 5.84. The highest BCUT2D eigenvalue weighted by atomic mass is 15.0. The van der Waals surface area contributed by atoms with Crippen molar-refractivity contribution in [2.24, 2.45) is 5.92 Å². The van der Waals surface area contributed by atoms with E-state index >= 15 is 0 Å². The molecular formula is C19H30N2. The summed E-state index contributed by atoms with van der Waals surface area (Å²) in [7, 11) is 0. The first kappa shape index (κ1) is 16.1. The third-order valence-corrected chi connectivity index (χ3v) is 4.30. The summed E-state index contributed by atoms with van der Waals surface area (Å²) in [6.45, 7) is 10.2. The van der Waals surface area contributed by atoms with Crippen molar-refractivity contribution in [3.8, 4) is 0 Å². The van der Waals surface area contributed by atoms with Gasteiger partial charge in [0.15, 0.2) is 0 Å². The molecule has 0 fully saturated rings. The van der Waals surface area contributed by atoms with Crippen LogP contribution >= 0.6 is 0 Å². The Labute approximate surface area is 129 Å². The Hall–Kier alpha value is -1.28. The van der Waals surface area contributed by atoms with Crippen molar-refractivity contribution in [2.75, 3.05) is 13.1 Å². The molecule has 0 aliphatic rings. The Bertz CT molecular complexity index is 541. The van der Waals surface area contributed by atoms with Crippen molar-refractivity contribution < 1.29 is 0 Å². The van der Waals surface area contributed by atoms with Gasteiger partial charge in [-0.05, 0) is 49.9 Å². The molecule has 0 radical (unpaired) electrons. The van der Waals surface area contributed by atoms with Crippen molar-refractivity contribution >= 4 is 10.9 Å². The second kappa shape index (κ2) is 8.23. The predicted molar refractivity (Wildman–Crippen MR) is 92.9 cm³/mol. The largest absolute Gasteiger partial charge is 0.347 e. The van der Waals surface area contributed by atoms with Gasteiger partial charge in [0.05, 0.1) is 0 Å². The third-order valence-electron chi connectivity index (χ3n) is 4.30. The maximum atomic E-state index is 3.49. The van der Waals surface area contributed by atoms with Crippen LogP contribution in [0.15, 0.2) is 30.5 Å². The Kier molecular flexibility index (Phi) is 6.31. The lowest BCUT2D eigenvalue weighted by Crippen LogP contribution is -2.16. The van der Waals surface area contributed by atoms with Crippen molar-refractivity contribution in [1.82, 2.24) is 9.88 Å². The molecule has 1 N–H and O–H groups in total. The summed E-state index contributed by atoms with van der Waals surface area (Å²) in [4.78, 5) is 0. The maximum absolute atomic E-state index is 3.49. The number of para-hydroxylation sites is 1. The number of rotatable bonds is 9. The minimum atomic E-state index is 0.736. The Morgan fingerprint density at radius 3 is 2.71 bits per heavy atom. The molecule has 0 saturated heterocycles. The fraction of sp³-hybridized carbons (Fsp3) is 0.579. The first-order chi connectivity index (χ1) is 10.3. The zero-order chi connectivity index (χ0) is 15.1. The molecule has 1 unspecified atom stereocenters. The van der Waals surface area contributed by atoms with Gasteiger partial charge in [0, 0.05) is 23.6 Å². The second-order valence-electron chi connectivity index (χ2n) is 6.19. The number of hydrogen-bond donors (Lipinski definition) is 1. The number of nitrogens with one attached hydrogen (secondary N) is 1. The predicted octanol–water partition coefficient (Wildman–Crippen LogP) is 4.62. The Morgan fingerprint density at radius 2 is 1.95 bits per heavy atom. The van der Waals surface area contributed by atoms with Crippen LogP contribution in [0, 0.1) is 5.92 Å². The van der Waals surface area contributed by atoms with E-state index in [0.29, 0.717) is 0 Å². The van der Waals surface area contributed by atoms with Gasteiger partial charge in [0.2, 0.25) is 0 Å². The zero-order valence-corrected chi connectivity index (χ0v) is 13.9. The van der Waals surface area contributed by atoms with Crippen LogP contribution in [0.4, 0.5) is 0 Å². The summed E-state index contributed by atoms with van der Waals surface area (Å²) in [6.07, 6.45) is 7.23. The minimum Gasteiger partial charge on any atom is -0.347 e. The molecule has 2 heteroatoms. The molecule has 1 aromatic carbocycles. The zero-order valence-electron chi connectivity index (χ0n) is 13.9. The average Bonchev–Trinajstić information content (AvgIpc) is 2.85. The number of hydrogen-bond acceptors (Lipinski definition) is 1. The molecule has 0 bridgehead atoms. The molecule has 0 saturated carbocycles. The SMILES string of the molecule is CCCNCCCc1cn(CC(C)CC)c2ccccc12. The van der Waals surface area contributed by atoms with E-state index in [1.54, 1.807) is 0 Å². The smallest absolute Gasteiger partial charge is 0.0483 e. The van der Waals surface area contributed by atoms with Crippen LogP contribution in [0.1, 0.15) is 45.6 Å². The fourth-order valence-corrected chi connectivity index (χ4v) is 2.84. The molecular weight excluding hydrogens is 256 g/mol. The van der Waals surface area contributed by atoms with E-state index in [1.165, 1.54) is 42.1 Å². The summed E-state index contributed by atoms with van der Waals surface area (Å²) in [5, 5.41) is 4.94. The van der Waals surface area contributed by atoms with Crippen LogP contribution < -0.4 is 5.32 Å². The van der Waals surface area contributed by atoms with Crippen LogP contribution in [0.2, 0.25) is 0 Å². The molecule has 1 aromatic heterocycles. The summed E-state index contributed by atoms with van der Waals surface area (Å²) < 4.78 is 2.46. The molecule has 1 heterocycles. The topological polar surface area (TPSA) is 17.0 Å². The van der Waals surface area contributed by atoms with E-state index in [-0.39, 0.29) is 0 Å². The van der Waals surface area contributed by atoms with E-state index in [0.717, 1.165) is 25.6 Å². The van der Waals surface area contributed by atoms with Gasteiger partial charge in [-0.1, -0.05) is 45.4 Å². The molecule has 0 amide bonds. The molecule has 2 aromatic rings. The first-order valence-corrected chi connectivity index (χ1v) is 8.53. The van der Waals surface area contributed by atoms with Crippen molar-refractivity contribution in [2.45, 2.75) is 53.0 Å². The average molecular weight is 286 g/mol.